The molecule has 8 heteroatoms. The van der Waals surface area contributed by atoms with Crippen molar-refractivity contribution >= 4 is 34.9 Å². The zero-order valence-electron chi connectivity index (χ0n) is 16.7. The average Bonchev–Trinajstić information content (AvgIpc) is 2.74. The number of amides is 2. The van der Waals surface area contributed by atoms with Crippen molar-refractivity contribution in [3.63, 3.8) is 0 Å². The van der Waals surface area contributed by atoms with E-state index in [0.717, 1.165) is 0 Å². The van der Waals surface area contributed by atoms with Gasteiger partial charge in [0, 0.05) is 55.4 Å². The van der Waals surface area contributed by atoms with E-state index in [1.807, 2.05) is 0 Å². The van der Waals surface area contributed by atoms with Crippen LogP contribution in [0.1, 0.15) is 34.1 Å². The van der Waals surface area contributed by atoms with E-state index >= 15 is 0 Å². The maximum atomic E-state index is 13.9. The number of carbonyl (C=O) groups is 3. The molecule has 2 amide bonds. The summed E-state index contributed by atoms with van der Waals surface area (Å²) in [7, 11) is 0. The number of Topliss-reactive ketones (excluding diaryl/α,β-unsaturated/α-hetero) is 1. The van der Waals surface area contributed by atoms with Crippen LogP contribution in [0, 0.1) is 5.82 Å². The zero-order chi connectivity index (χ0) is 21.7. The molecule has 0 spiro atoms. The maximum Gasteiger partial charge on any atom is 0.256 e. The standard InChI is InChI=1S/C22H23ClFN3O3/c1-15(28)16-2-5-18(6-3-16)25-21(29)8-9-26-10-12-27(13-11-26)22(30)19-14-17(23)4-7-20(19)24/h2-7,14H,8-13H2,1H3,(H,25,29). The van der Waals surface area contributed by atoms with Gasteiger partial charge in [0.1, 0.15) is 5.82 Å². The highest BCUT2D eigenvalue weighted by molar-refractivity contribution is 6.31. The van der Waals surface area contributed by atoms with Crippen molar-refractivity contribution in [2.45, 2.75) is 13.3 Å². The van der Waals surface area contributed by atoms with Gasteiger partial charge in [0.25, 0.3) is 5.91 Å². The van der Waals surface area contributed by atoms with Crippen LogP contribution in [0.3, 0.4) is 0 Å². The summed E-state index contributed by atoms with van der Waals surface area (Å²) >= 11 is 5.87. The van der Waals surface area contributed by atoms with Crippen LogP contribution >= 0.6 is 11.6 Å². The van der Waals surface area contributed by atoms with Gasteiger partial charge in [-0.1, -0.05) is 11.6 Å². The molecule has 6 nitrogen and oxygen atoms in total. The second-order valence-electron chi connectivity index (χ2n) is 7.19. The summed E-state index contributed by atoms with van der Waals surface area (Å²) in [5.74, 6) is -1.10. The monoisotopic (exact) mass is 431 g/mol. The van der Waals surface area contributed by atoms with Crippen LogP contribution in [0.4, 0.5) is 10.1 Å². The SMILES string of the molecule is CC(=O)c1ccc(NC(=O)CCN2CCN(C(=O)c3cc(Cl)ccc3F)CC2)cc1. The Morgan fingerprint density at radius 2 is 1.70 bits per heavy atom. The largest absolute Gasteiger partial charge is 0.336 e. The van der Waals surface area contributed by atoms with Gasteiger partial charge in [-0.2, -0.15) is 0 Å². The van der Waals surface area contributed by atoms with E-state index in [0.29, 0.717) is 55.4 Å². The average molecular weight is 432 g/mol. The minimum atomic E-state index is -0.583. The predicted molar refractivity (Wildman–Crippen MR) is 113 cm³/mol. The van der Waals surface area contributed by atoms with Gasteiger partial charge < -0.3 is 10.2 Å². The third kappa shape index (κ3) is 5.64. The van der Waals surface area contributed by atoms with E-state index in [1.165, 1.54) is 25.1 Å². The predicted octanol–water partition coefficient (Wildman–Crippen LogP) is 3.47. The molecular weight excluding hydrogens is 409 g/mol. The van der Waals surface area contributed by atoms with Gasteiger partial charge in [0.2, 0.25) is 5.91 Å². The van der Waals surface area contributed by atoms with E-state index in [9.17, 15) is 18.8 Å². The molecule has 2 aromatic rings. The third-order valence-corrected chi connectivity index (χ3v) is 5.28. The summed E-state index contributed by atoms with van der Waals surface area (Å²) in [6.07, 6.45) is 0.311. The van der Waals surface area contributed by atoms with E-state index in [-0.39, 0.29) is 23.2 Å². The number of benzene rings is 2. The number of hydrogen-bond donors (Lipinski definition) is 1. The number of nitrogens with zero attached hydrogens (tertiary/aromatic N) is 2. The first-order chi connectivity index (χ1) is 14.3. The molecule has 0 bridgehead atoms. The van der Waals surface area contributed by atoms with Gasteiger partial charge in [0.15, 0.2) is 5.78 Å². The first kappa shape index (κ1) is 21.9. The highest BCUT2D eigenvalue weighted by Gasteiger charge is 2.24. The van der Waals surface area contributed by atoms with Crippen molar-refractivity contribution in [3.8, 4) is 0 Å². The highest BCUT2D eigenvalue weighted by Crippen LogP contribution is 2.18. The lowest BCUT2D eigenvalue weighted by molar-refractivity contribution is -0.116. The fourth-order valence-electron chi connectivity index (χ4n) is 3.28. The lowest BCUT2D eigenvalue weighted by Gasteiger charge is -2.34. The molecule has 1 aliphatic heterocycles. The molecular formula is C22H23ClFN3O3. The van der Waals surface area contributed by atoms with E-state index in [1.54, 1.807) is 29.2 Å². The van der Waals surface area contributed by atoms with Gasteiger partial charge in [-0.15, -0.1) is 0 Å². The Bertz CT molecular complexity index is 941. The molecule has 0 aromatic heterocycles. The summed E-state index contributed by atoms with van der Waals surface area (Å²) in [4.78, 5) is 39.7. The fourth-order valence-corrected chi connectivity index (χ4v) is 3.45. The molecule has 1 fully saturated rings. The molecule has 1 heterocycles. The van der Waals surface area contributed by atoms with Crippen LogP contribution < -0.4 is 5.32 Å². The summed E-state index contributed by atoms with van der Waals surface area (Å²) in [5.41, 5.74) is 1.22. The van der Waals surface area contributed by atoms with Gasteiger partial charge in [0.05, 0.1) is 5.56 Å². The molecule has 0 aliphatic carbocycles. The molecule has 0 unspecified atom stereocenters. The summed E-state index contributed by atoms with van der Waals surface area (Å²) in [5, 5.41) is 3.13. The molecule has 0 saturated carbocycles. The second-order valence-corrected chi connectivity index (χ2v) is 7.63. The number of carbonyl (C=O) groups excluding carboxylic acids is 3. The van der Waals surface area contributed by atoms with E-state index < -0.39 is 5.82 Å². The lowest BCUT2D eigenvalue weighted by Crippen LogP contribution is -2.49. The molecule has 1 aliphatic rings. The normalized spacial score (nSPS) is 14.4. The Hall–Kier alpha value is -2.77. The van der Waals surface area contributed by atoms with Crippen LogP contribution in [0.25, 0.3) is 0 Å². The zero-order valence-corrected chi connectivity index (χ0v) is 17.4. The fraction of sp³-hybridized carbons (Fsp3) is 0.318. The quantitative estimate of drug-likeness (QED) is 0.711. The minimum Gasteiger partial charge on any atom is -0.336 e. The number of piperazine rings is 1. The van der Waals surface area contributed by atoms with Crippen molar-refractivity contribution in [1.82, 2.24) is 9.80 Å². The van der Waals surface area contributed by atoms with Crippen LogP contribution in [-0.4, -0.2) is 60.1 Å². The Labute approximate surface area is 179 Å². The number of hydrogen-bond acceptors (Lipinski definition) is 4. The number of rotatable bonds is 6. The van der Waals surface area contributed by atoms with E-state index in [2.05, 4.69) is 10.2 Å². The summed E-state index contributed by atoms with van der Waals surface area (Å²) in [6.45, 7) is 4.18. The van der Waals surface area contributed by atoms with Crippen molar-refractivity contribution in [2.24, 2.45) is 0 Å². The minimum absolute atomic E-state index is 0.0221. The van der Waals surface area contributed by atoms with Crippen LogP contribution in [0.15, 0.2) is 42.5 Å². The van der Waals surface area contributed by atoms with Crippen LogP contribution in [0.5, 0.6) is 0 Å². The Morgan fingerprint density at radius 3 is 2.33 bits per heavy atom. The second kappa shape index (κ2) is 9.82. The van der Waals surface area contributed by atoms with E-state index in [4.69, 9.17) is 11.6 Å². The van der Waals surface area contributed by atoms with Crippen LogP contribution in [0.2, 0.25) is 5.02 Å². The first-order valence-corrected chi connectivity index (χ1v) is 10.1. The molecule has 1 saturated heterocycles. The Morgan fingerprint density at radius 1 is 1.03 bits per heavy atom. The van der Waals surface area contributed by atoms with Crippen molar-refractivity contribution in [3.05, 3.63) is 64.4 Å². The molecule has 0 atom stereocenters. The number of anilines is 1. The highest BCUT2D eigenvalue weighted by atomic mass is 35.5. The van der Waals surface area contributed by atoms with Gasteiger partial charge in [-0.3, -0.25) is 19.3 Å². The van der Waals surface area contributed by atoms with Gasteiger partial charge in [-0.05, 0) is 49.4 Å². The van der Waals surface area contributed by atoms with Crippen molar-refractivity contribution in [1.29, 1.82) is 0 Å². The maximum absolute atomic E-state index is 13.9. The number of nitrogens with one attached hydrogen (secondary N) is 1. The lowest BCUT2D eigenvalue weighted by atomic mass is 10.1. The Kier molecular flexibility index (Phi) is 7.18. The Balaban J connectivity index is 1.44. The van der Waals surface area contributed by atoms with Crippen molar-refractivity contribution in [2.75, 3.05) is 38.0 Å². The van der Waals surface area contributed by atoms with Gasteiger partial charge >= 0.3 is 0 Å². The third-order valence-electron chi connectivity index (χ3n) is 5.05. The molecule has 3 rings (SSSR count). The molecule has 0 radical (unpaired) electrons. The summed E-state index contributed by atoms with van der Waals surface area (Å²) in [6, 6.07) is 10.7. The number of halogens is 2. The molecule has 1 N–H and O–H groups in total. The molecule has 30 heavy (non-hydrogen) atoms. The van der Waals surface area contributed by atoms with Crippen molar-refractivity contribution < 1.29 is 18.8 Å². The smallest absolute Gasteiger partial charge is 0.256 e. The topological polar surface area (TPSA) is 69.7 Å². The summed E-state index contributed by atoms with van der Waals surface area (Å²) < 4.78 is 13.9. The first-order valence-electron chi connectivity index (χ1n) is 9.71. The molecule has 2 aromatic carbocycles. The van der Waals surface area contributed by atoms with Gasteiger partial charge in [-0.25, -0.2) is 4.39 Å². The molecule has 158 valence electrons. The number of ketones is 1. The van der Waals surface area contributed by atoms with Crippen LogP contribution in [-0.2, 0) is 4.79 Å².